The van der Waals surface area contributed by atoms with E-state index in [9.17, 15) is 8.42 Å². The number of sulfonamides is 1. The highest BCUT2D eigenvalue weighted by molar-refractivity contribution is 14.0. The van der Waals surface area contributed by atoms with Crippen LogP contribution in [0.1, 0.15) is 26.3 Å². The van der Waals surface area contributed by atoms with Gasteiger partial charge in [0.05, 0.1) is 4.90 Å². The first-order chi connectivity index (χ1) is 11.2. The fourth-order valence-corrected chi connectivity index (χ4v) is 4.01. The average molecular weight is 500 g/mol. The number of hydrogen-bond acceptors (Lipinski definition) is 4. The molecule has 1 rings (SSSR count). The Hall–Kier alpha value is -0.520. The van der Waals surface area contributed by atoms with Crippen LogP contribution in [0, 0.1) is 0 Å². The van der Waals surface area contributed by atoms with Crippen molar-refractivity contribution in [3.63, 3.8) is 0 Å². The summed E-state index contributed by atoms with van der Waals surface area (Å²) in [7, 11) is -1.89. The van der Waals surface area contributed by atoms with Crippen LogP contribution >= 0.6 is 35.7 Å². The molecule has 0 spiro atoms. The quantitative estimate of drug-likeness (QED) is 0.232. The van der Waals surface area contributed by atoms with E-state index in [-0.39, 0.29) is 28.9 Å². The highest BCUT2D eigenvalue weighted by Crippen LogP contribution is 2.17. The standard InChI is InChI=1S/C16H28N4O2S2.HI/c1-16(2,3)20-24(21,22)14-9-7-6-8-13(14)12-19-15(17-4)18-10-11-23-5;/h6-9,20H,10-12H2,1-5H3,(H2,17,18,19);1H. The highest BCUT2D eigenvalue weighted by Gasteiger charge is 2.24. The van der Waals surface area contributed by atoms with E-state index in [1.54, 1.807) is 37.0 Å². The van der Waals surface area contributed by atoms with Gasteiger partial charge in [-0.1, -0.05) is 18.2 Å². The molecule has 0 amide bonds. The Morgan fingerprint density at radius 1 is 1.20 bits per heavy atom. The molecule has 0 aliphatic carbocycles. The van der Waals surface area contributed by atoms with Gasteiger partial charge < -0.3 is 10.6 Å². The van der Waals surface area contributed by atoms with Crippen LogP contribution in [0.3, 0.4) is 0 Å². The van der Waals surface area contributed by atoms with Crippen LogP contribution in [0.2, 0.25) is 0 Å². The summed E-state index contributed by atoms with van der Waals surface area (Å²) in [6.45, 7) is 6.64. The first kappa shape index (κ1) is 24.5. The molecular formula is C16H29IN4O2S2. The molecule has 144 valence electrons. The van der Waals surface area contributed by atoms with Crippen molar-refractivity contribution >= 4 is 51.7 Å². The lowest BCUT2D eigenvalue weighted by Gasteiger charge is -2.22. The Morgan fingerprint density at radius 3 is 2.40 bits per heavy atom. The van der Waals surface area contributed by atoms with Crippen LogP contribution < -0.4 is 15.4 Å². The summed E-state index contributed by atoms with van der Waals surface area (Å²) in [6, 6.07) is 6.98. The van der Waals surface area contributed by atoms with Gasteiger partial charge in [-0.3, -0.25) is 4.99 Å². The van der Waals surface area contributed by atoms with Crippen molar-refractivity contribution in [2.45, 2.75) is 37.8 Å². The Morgan fingerprint density at radius 2 is 1.84 bits per heavy atom. The minimum Gasteiger partial charge on any atom is -0.356 e. The van der Waals surface area contributed by atoms with Crippen LogP contribution in [0.25, 0.3) is 0 Å². The van der Waals surface area contributed by atoms with Gasteiger partial charge >= 0.3 is 0 Å². The van der Waals surface area contributed by atoms with E-state index in [0.29, 0.717) is 18.1 Å². The monoisotopic (exact) mass is 500 g/mol. The lowest BCUT2D eigenvalue weighted by molar-refractivity contribution is 0.491. The average Bonchev–Trinajstić information content (AvgIpc) is 2.48. The molecule has 0 bridgehead atoms. The summed E-state index contributed by atoms with van der Waals surface area (Å²) in [5, 5.41) is 6.35. The zero-order valence-electron chi connectivity index (χ0n) is 15.4. The van der Waals surface area contributed by atoms with Crippen LogP contribution in [-0.2, 0) is 16.6 Å². The van der Waals surface area contributed by atoms with Gasteiger partial charge in [-0.05, 0) is 38.7 Å². The highest BCUT2D eigenvalue weighted by atomic mass is 127. The van der Waals surface area contributed by atoms with E-state index >= 15 is 0 Å². The van der Waals surface area contributed by atoms with E-state index in [4.69, 9.17) is 0 Å². The summed E-state index contributed by atoms with van der Waals surface area (Å²) >= 11 is 1.75. The number of hydrogen-bond donors (Lipinski definition) is 3. The molecule has 3 N–H and O–H groups in total. The Balaban J connectivity index is 0.00000576. The zero-order chi connectivity index (χ0) is 18.2. The largest absolute Gasteiger partial charge is 0.356 e. The predicted octanol–water partition coefficient (Wildman–Crippen LogP) is 2.41. The Kier molecular flexibility index (Phi) is 11.0. The van der Waals surface area contributed by atoms with Gasteiger partial charge in [-0.2, -0.15) is 11.8 Å². The first-order valence-electron chi connectivity index (χ1n) is 7.75. The van der Waals surface area contributed by atoms with E-state index in [0.717, 1.165) is 12.3 Å². The predicted molar refractivity (Wildman–Crippen MR) is 119 cm³/mol. The van der Waals surface area contributed by atoms with Crippen molar-refractivity contribution in [3.05, 3.63) is 29.8 Å². The maximum absolute atomic E-state index is 12.6. The number of nitrogens with zero attached hydrogens (tertiary/aromatic N) is 1. The Bertz CT molecular complexity index is 658. The lowest BCUT2D eigenvalue weighted by Crippen LogP contribution is -2.41. The molecule has 25 heavy (non-hydrogen) atoms. The number of thioether (sulfide) groups is 1. The third kappa shape index (κ3) is 9.11. The smallest absolute Gasteiger partial charge is 0.241 e. The summed E-state index contributed by atoms with van der Waals surface area (Å²) < 4.78 is 27.9. The molecule has 6 nitrogen and oxygen atoms in total. The normalized spacial score (nSPS) is 12.4. The third-order valence-corrected chi connectivity index (χ3v) is 5.44. The molecule has 0 radical (unpaired) electrons. The van der Waals surface area contributed by atoms with Gasteiger partial charge in [-0.25, -0.2) is 13.1 Å². The molecule has 0 atom stereocenters. The fraction of sp³-hybridized carbons (Fsp3) is 0.562. The van der Waals surface area contributed by atoms with Crippen molar-refractivity contribution in [2.24, 2.45) is 4.99 Å². The maximum atomic E-state index is 12.6. The number of nitrogens with one attached hydrogen (secondary N) is 3. The van der Waals surface area contributed by atoms with Gasteiger partial charge in [0.25, 0.3) is 0 Å². The fourth-order valence-electron chi connectivity index (χ4n) is 2.04. The molecule has 0 aliphatic rings. The van der Waals surface area contributed by atoms with Gasteiger partial charge in [-0.15, -0.1) is 24.0 Å². The Labute approximate surface area is 173 Å². The summed E-state index contributed by atoms with van der Waals surface area (Å²) in [5.41, 5.74) is 0.163. The lowest BCUT2D eigenvalue weighted by atomic mass is 10.1. The van der Waals surface area contributed by atoms with E-state index in [1.807, 2.05) is 33.1 Å². The van der Waals surface area contributed by atoms with Crippen molar-refractivity contribution in [2.75, 3.05) is 25.6 Å². The van der Waals surface area contributed by atoms with E-state index in [1.165, 1.54) is 0 Å². The molecule has 1 aromatic rings. The third-order valence-electron chi connectivity index (χ3n) is 2.97. The van der Waals surface area contributed by atoms with E-state index in [2.05, 4.69) is 20.3 Å². The van der Waals surface area contributed by atoms with Gasteiger partial charge in [0.15, 0.2) is 5.96 Å². The molecule has 0 saturated heterocycles. The van der Waals surface area contributed by atoms with Crippen LogP contribution in [0.15, 0.2) is 34.2 Å². The van der Waals surface area contributed by atoms with Crippen molar-refractivity contribution < 1.29 is 8.42 Å². The maximum Gasteiger partial charge on any atom is 0.241 e. The second kappa shape index (κ2) is 11.2. The number of halogens is 1. The molecule has 0 saturated carbocycles. The minimum atomic E-state index is -3.58. The van der Waals surface area contributed by atoms with Crippen molar-refractivity contribution in [1.82, 2.24) is 15.4 Å². The molecular weight excluding hydrogens is 471 g/mol. The molecule has 0 aromatic heterocycles. The molecule has 0 heterocycles. The summed E-state index contributed by atoms with van der Waals surface area (Å²) in [5.74, 6) is 1.63. The molecule has 9 heteroatoms. The number of benzene rings is 1. The number of guanidine groups is 1. The first-order valence-corrected chi connectivity index (χ1v) is 10.6. The van der Waals surface area contributed by atoms with Crippen LogP contribution in [0.4, 0.5) is 0 Å². The van der Waals surface area contributed by atoms with Gasteiger partial charge in [0, 0.05) is 31.4 Å². The second-order valence-corrected chi connectivity index (χ2v) is 8.94. The molecule has 0 unspecified atom stereocenters. The molecule has 0 fully saturated rings. The SMILES string of the molecule is CN=C(NCCSC)NCc1ccccc1S(=O)(=O)NC(C)(C)C.I. The molecule has 1 aromatic carbocycles. The molecule has 0 aliphatic heterocycles. The van der Waals surface area contributed by atoms with Gasteiger partial charge in [0.2, 0.25) is 10.0 Å². The van der Waals surface area contributed by atoms with Gasteiger partial charge in [0.1, 0.15) is 0 Å². The van der Waals surface area contributed by atoms with E-state index < -0.39 is 15.6 Å². The van der Waals surface area contributed by atoms with Crippen LogP contribution in [0.5, 0.6) is 0 Å². The number of rotatable bonds is 7. The van der Waals surface area contributed by atoms with Crippen molar-refractivity contribution in [3.8, 4) is 0 Å². The second-order valence-electron chi connectivity index (χ2n) is 6.31. The van der Waals surface area contributed by atoms with Crippen LogP contribution in [-0.4, -0.2) is 45.5 Å². The topological polar surface area (TPSA) is 82.6 Å². The summed E-state index contributed by atoms with van der Waals surface area (Å²) in [6.07, 6.45) is 2.04. The van der Waals surface area contributed by atoms with Crippen molar-refractivity contribution in [1.29, 1.82) is 0 Å². The zero-order valence-corrected chi connectivity index (χ0v) is 19.4. The number of aliphatic imine (C=N–C) groups is 1. The minimum absolute atomic E-state index is 0. The summed E-state index contributed by atoms with van der Waals surface area (Å²) in [4.78, 5) is 4.43.